The number of likely N-dealkylation sites (tertiary alicyclic amines) is 1. The number of ether oxygens (including phenoxy) is 2. The van der Waals surface area contributed by atoms with Gasteiger partial charge in [-0.3, -0.25) is 24.1 Å². The lowest BCUT2D eigenvalue weighted by molar-refractivity contribution is -0.149. The summed E-state index contributed by atoms with van der Waals surface area (Å²) in [7, 11) is 0. The van der Waals surface area contributed by atoms with E-state index in [1.165, 1.54) is 4.90 Å². The van der Waals surface area contributed by atoms with Crippen molar-refractivity contribution in [3.05, 3.63) is 54.6 Å². The van der Waals surface area contributed by atoms with Crippen molar-refractivity contribution in [3.63, 3.8) is 0 Å². The normalized spacial score (nSPS) is 24.8. The van der Waals surface area contributed by atoms with E-state index in [0.29, 0.717) is 29.0 Å². The van der Waals surface area contributed by atoms with Crippen molar-refractivity contribution in [1.29, 1.82) is 0 Å². The van der Waals surface area contributed by atoms with Crippen LogP contribution in [0.3, 0.4) is 0 Å². The van der Waals surface area contributed by atoms with Gasteiger partial charge in [-0.25, -0.2) is 0 Å². The van der Waals surface area contributed by atoms with Gasteiger partial charge in [0, 0.05) is 12.2 Å². The van der Waals surface area contributed by atoms with E-state index in [1.807, 2.05) is 30.3 Å². The van der Waals surface area contributed by atoms with Crippen molar-refractivity contribution in [2.24, 2.45) is 23.7 Å². The molecule has 2 aromatic rings. The van der Waals surface area contributed by atoms with Crippen LogP contribution in [0.2, 0.25) is 0 Å². The number of amides is 3. The number of benzene rings is 2. The molecule has 3 aliphatic rings. The molecule has 2 bridgehead atoms. The largest absolute Gasteiger partial charge is 0.457 e. The Balaban J connectivity index is 1.05. The van der Waals surface area contributed by atoms with Crippen molar-refractivity contribution in [1.82, 2.24) is 4.90 Å². The van der Waals surface area contributed by atoms with Gasteiger partial charge in [-0.1, -0.05) is 18.2 Å². The number of rotatable bonds is 8. The number of esters is 1. The predicted molar refractivity (Wildman–Crippen MR) is 122 cm³/mol. The SMILES string of the molecule is O=C(COC(=O)CCN1C(=O)[C@@H]2[C@H]3CC[C@@H](C3)[C@@H]2C1=O)Nc1ccc(Oc2ccccc2)cc1. The standard InChI is InChI=1S/C26H26N2O6/c29-21(27-18-8-10-20(11-9-18)34-19-4-2-1-3-5-19)15-33-22(30)12-13-28-25(31)23-16-6-7-17(14-16)24(23)26(28)32/h1-5,8-11,16-17,23-24H,6-7,12-15H2,(H,27,29)/t16-,17-,23-,24+/m0/s1. The third-order valence-corrected chi connectivity index (χ3v) is 7.04. The lowest BCUT2D eigenvalue weighted by atomic mass is 9.81. The first-order valence-electron chi connectivity index (χ1n) is 11.6. The molecule has 1 aliphatic heterocycles. The number of hydrogen-bond donors (Lipinski definition) is 1. The third-order valence-electron chi connectivity index (χ3n) is 7.04. The number of para-hydroxylation sites is 1. The second-order valence-electron chi connectivity index (χ2n) is 9.11. The molecule has 34 heavy (non-hydrogen) atoms. The van der Waals surface area contributed by atoms with Gasteiger partial charge in [-0.15, -0.1) is 0 Å². The Labute approximate surface area is 197 Å². The second-order valence-corrected chi connectivity index (χ2v) is 9.11. The van der Waals surface area contributed by atoms with Crippen LogP contribution in [0.4, 0.5) is 5.69 Å². The molecular formula is C26H26N2O6. The Kier molecular flexibility index (Phi) is 6.04. The zero-order valence-corrected chi connectivity index (χ0v) is 18.6. The lowest BCUT2D eigenvalue weighted by Gasteiger charge is -2.19. The molecule has 8 nitrogen and oxygen atoms in total. The molecule has 3 fully saturated rings. The maximum Gasteiger partial charge on any atom is 0.308 e. The molecule has 2 aromatic carbocycles. The van der Waals surface area contributed by atoms with Gasteiger partial charge in [0.2, 0.25) is 11.8 Å². The van der Waals surface area contributed by atoms with Gasteiger partial charge in [-0.2, -0.15) is 0 Å². The van der Waals surface area contributed by atoms with E-state index in [-0.39, 0.29) is 36.6 Å². The van der Waals surface area contributed by atoms with Crippen LogP contribution in [0, 0.1) is 23.7 Å². The van der Waals surface area contributed by atoms with Gasteiger partial charge in [0.1, 0.15) is 11.5 Å². The molecule has 2 saturated carbocycles. The van der Waals surface area contributed by atoms with Crippen molar-refractivity contribution >= 4 is 29.4 Å². The molecule has 2 aliphatic carbocycles. The van der Waals surface area contributed by atoms with Crippen LogP contribution in [0.1, 0.15) is 25.7 Å². The summed E-state index contributed by atoms with van der Waals surface area (Å²) in [4.78, 5) is 50.8. The van der Waals surface area contributed by atoms with E-state index in [1.54, 1.807) is 24.3 Å². The quantitative estimate of drug-likeness (QED) is 0.477. The van der Waals surface area contributed by atoms with Crippen LogP contribution in [0.5, 0.6) is 11.5 Å². The number of imide groups is 1. The molecule has 5 rings (SSSR count). The summed E-state index contributed by atoms with van der Waals surface area (Å²) in [5.74, 6) is 0.164. The van der Waals surface area contributed by atoms with Gasteiger partial charge in [0.15, 0.2) is 6.61 Å². The predicted octanol–water partition coefficient (Wildman–Crippen LogP) is 3.38. The molecule has 0 spiro atoms. The highest BCUT2D eigenvalue weighted by atomic mass is 16.5. The van der Waals surface area contributed by atoms with Crippen molar-refractivity contribution in [3.8, 4) is 11.5 Å². The molecule has 176 valence electrons. The smallest absolute Gasteiger partial charge is 0.308 e. The topological polar surface area (TPSA) is 102 Å². The first-order chi connectivity index (χ1) is 16.5. The zero-order valence-electron chi connectivity index (χ0n) is 18.6. The number of nitrogens with one attached hydrogen (secondary N) is 1. The van der Waals surface area contributed by atoms with Crippen LogP contribution in [0.25, 0.3) is 0 Å². The minimum atomic E-state index is -0.623. The number of carbonyl (C=O) groups is 4. The fourth-order valence-corrected chi connectivity index (χ4v) is 5.54. The van der Waals surface area contributed by atoms with Crippen LogP contribution < -0.4 is 10.1 Å². The Morgan fingerprint density at radius 1 is 0.882 bits per heavy atom. The fraction of sp³-hybridized carbons (Fsp3) is 0.385. The van der Waals surface area contributed by atoms with E-state index >= 15 is 0 Å². The average Bonchev–Trinajstić information content (AvgIpc) is 3.52. The fourth-order valence-electron chi connectivity index (χ4n) is 5.54. The highest BCUT2D eigenvalue weighted by Crippen LogP contribution is 2.56. The minimum absolute atomic E-state index is 0.00738. The minimum Gasteiger partial charge on any atom is -0.457 e. The number of carbonyl (C=O) groups excluding carboxylic acids is 4. The molecule has 4 atom stereocenters. The summed E-state index contributed by atoms with van der Waals surface area (Å²) < 4.78 is 10.7. The second kappa shape index (κ2) is 9.29. The molecule has 8 heteroatoms. The van der Waals surface area contributed by atoms with Crippen LogP contribution in [0.15, 0.2) is 54.6 Å². The zero-order chi connectivity index (χ0) is 23.7. The van der Waals surface area contributed by atoms with Gasteiger partial charge >= 0.3 is 5.97 Å². The Hall–Kier alpha value is -3.68. The molecule has 0 radical (unpaired) electrons. The van der Waals surface area contributed by atoms with Gasteiger partial charge in [0.25, 0.3) is 5.91 Å². The van der Waals surface area contributed by atoms with Gasteiger partial charge < -0.3 is 14.8 Å². The summed E-state index contributed by atoms with van der Waals surface area (Å²) in [5.41, 5.74) is 0.538. The number of anilines is 1. The summed E-state index contributed by atoms with van der Waals surface area (Å²) in [5, 5.41) is 2.65. The first-order valence-corrected chi connectivity index (χ1v) is 11.6. The summed E-state index contributed by atoms with van der Waals surface area (Å²) in [6, 6.07) is 16.2. The highest BCUT2D eigenvalue weighted by Gasteiger charge is 2.60. The Morgan fingerprint density at radius 2 is 1.50 bits per heavy atom. The Morgan fingerprint density at radius 3 is 2.15 bits per heavy atom. The first kappa shape index (κ1) is 22.1. The summed E-state index contributed by atoms with van der Waals surface area (Å²) in [6.45, 7) is -0.439. The third kappa shape index (κ3) is 4.40. The van der Waals surface area contributed by atoms with Crippen molar-refractivity contribution in [2.75, 3.05) is 18.5 Å². The number of fused-ring (bicyclic) bond motifs is 5. The molecular weight excluding hydrogens is 436 g/mol. The maximum atomic E-state index is 12.7. The highest BCUT2D eigenvalue weighted by molar-refractivity contribution is 6.06. The van der Waals surface area contributed by atoms with E-state index in [0.717, 1.165) is 19.3 Å². The van der Waals surface area contributed by atoms with Crippen molar-refractivity contribution < 1.29 is 28.7 Å². The van der Waals surface area contributed by atoms with Crippen LogP contribution in [-0.2, 0) is 23.9 Å². The van der Waals surface area contributed by atoms with Crippen LogP contribution >= 0.6 is 0 Å². The van der Waals surface area contributed by atoms with Crippen molar-refractivity contribution in [2.45, 2.75) is 25.7 Å². The summed E-state index contributed by atoms with van der Waals surface area (Å²) >= 11 is 0. The number of nitrogens with zero attached hydrogens (tertiary/aromatic N) is 1. The van der Waals surface area contributed by atoms with Gasteiger partial charge in [-0.05, 0) is 67.5 Å². The number of hydrogen-bond acceptors (Lipinski definition) is 6. The Bertz CT molecular complexity index is 1070. The van der Waals surface area contributed by atoms with E-state index in [2.05, 4.69) is 5.32 Å². The van der Waals surface area contributed by atoms with E-state index in [4.69, 9.17) is 9.47 Å². The van der Waals surface area contributed by atoms with E-state index in [9.17, 15) is 19.2 Å². The monoisotopic (exact) mass is 462 g/mol. The summed E-state index contributed by atoms with van der Waals surface area (Å²) in [6.07, 6.45) is 2.88. The molecule has 3 amide bonds. The molecule has 1 saturated heterocycles. The van der Waals surface area contributed by atoms with Crippen LogP contribution in [-0.4, -0.2) is 41.7 Å². The molecule has 1 N–H and O–H groups in total. The molecule has 0 aromatic heterocycles. The lowest BCUT2D eigenvalue weighted by Crippen LogP contribution is -2.35. The maximum absolute atomic E-state index is 12.7. The van der Waals surface area contributed by atoms with E-state index < -0.39 is 18.5 Å². The molecule has 1 heterocycles. The average molecular weight is 463 g/mol. The molecule has 0 unspecified atom stereocenters. The van der Waals surface area contributed by atoms with Gasteiger partial charge in [0.05, 0.1) is 18.3 Å².